The van der Waals surface area contributed by atoms with Gasteiger partial charge in [0.25, 0.3) is 5.69 Å². The topological polar surface area (TPSA) is 55.2 Å². The van der Waals surface area contributed by atoms with Crippen LogP contribution in [0.5, 0.6) is 0 Å². The lowest BCUT2D eigenvalue weighted by atomic mass is 10.2. The van der Waals surface area contributed by atoms with Gasteiger partial charge in [-0.3, -0.25) is 10.1 Å². The Hall–Kier alpha value is -2.07. The number of nitro benzene ring substituents is 1. The summed E-state index contributed by atoms with van der Waals surface area (Å²) in [5.74, 6) is 0. The highest BCUT2D eigenvalue weighted by Gasteiger charge is 2.14. The van der Waals surface area contributed by atoms with Crippen molar-refractivity contribution in [1.82, 2.24) is 0 Å². The Morgan fingerprint density at radius 1 is 1.17 bits per heavy atom. The molecular weight excluding hydrogens is 252 g/mol. The Kier molecular flexibility index (Phi) is 3.48. The monoisotopic (exact) mass is 262 g/mol. The first kappa shape index (κ1) is 12.4. The molecule has 0 atom stereocenters. The highest BCUT2D eigenvalue weighted by molar-refractivity contribution is 6.31. The van der Waals surface area contributed by atoms with E-state index in [2.05, 4.69) is 5.32 Å². The third-order valence-electron chi connectivity index (χ3n) is 2.57. The highest BCUT2D eigenvalue weighted by atomic mass is 35.5. The van der Waals surface area contributed by atoms with Crippen molar-refractivity contribution in [2.75, 3.05) is 5.32 Å². The molecule has 0 aliphatic rings. The maximum absolute atomic E-state index is 10.9. The van der Waals surface area contributed by atoms with Gasteiger partial charge >= 0.3 is 0 Å². The van der Waals surface area contributed by atoms with Crippen LogP contribution in [0.4, 0.5) is 17.1 Å². The van der Waals surface area contributed by atoms with E-state index < -0.39 is 4.92 Å². The van der Waals surface area contributed by atoms with Crippen LogP contribution in [-0.2, 0) is 0 Å². The molecule has 0 unspecified atom stereocenters. The number of aryl methyl sites for hydroxylation is 1. The molecule has 0 bridgehead atoms. The molecule has 18 heavy (non-hydrogen) atoms. The van der Waals surface area contributed by atoms with Gasteiger partial charge in [-0.15, -0.1) is 0 Å². The molecule has 0 fully saturated rings. The van der Waals surface area contributed by atoms with Crippen molar-refractivity contribution in [3.63, 3.8) is 0 Å². The lowest BCUT2D eigenvalue weighted by molar-refractivity contribution is -0.383. The van der Waals surface area contributed by atoms with Crippen molar-refractivity contribution in [3.8, 4) is 0 Å². The molecule has 2 aromatic carbocycles. The summed E-state index contributed by atoms with van der Waals surface area (Å²) < 4.78 is 0. The van der Waals surface area contributed by atoms with Gasteiger partial charge in [-0.05, 0) is 30.7 Å². The van der Waals surface area contributed by atoms with E-state index in [1.165, 1.54) is 12.1 Å². The quantitative estimate of drug-likeness (QED) is 0.663. The minimum absolute atomic E-state index is 0.00246. The third-order valence-corrected chi connectivity index (χ3v) is 2.80. The number of rotatable bonds is 3. The summed E-state index contributed by atoms with van der Waals surface area (Å²) >= 11 is 5.86. The smallest absolute Gasteiger partial charge is 0.292 e. The van der Waals surface area contributed by atoms with Crippen LogP contribution in [0, 0.1) is 17.0 Å². The standard InChI is InChI=1S/C13H11ClN2O2/c1-9-4-2-3-5-11(9)15-12-8-10(14)6-7-13(12)16(17)18/h2-8,15H,1H3. The minimum Gasteiger partial charge on any atom is -0.350 e. The molecule has 0 aliphatic carbocycles. The molecule has 0 spiro atoms. The fourth-order valence-electron chi connectivity index (χ4n) is 1.63. The van der Waals surface area contributed by atoms with Crippen molar-refractivity contribution in [2.24, 2.45) is 0 Å². The Morgan fingerprint density at radius 3 is 2.56 bits per heavy atom. The zero-order valence-corrected chi connectivity index (χ0v) is 10.4. The van der Waals surface area contributed by atoms with E-state index in [1.54, 1.807) is 6.07 Å². The van der Waals surface area contributed by atoms with Crippen LogP contribution in [0.3, 0.4) is 0 Å². The molecule has 0 saturated heterocycles. The predicted octanol–water partition coefficient (Wildman–Crippen LogP) is 4.30. The second kappa shape index (κ2) is 5.06. The first-order valence-corrected chi connectivity index (χ1v) is 5.72. The first-order chi connectivity index (χ1) is 8.58. The fourth-order valence-corrected chi connectivity index (χ4v) is 1.80. The molecule has 0 amide bonds. The van der Waals surface area contributed by atoms with E-state index in [0.29, 0.717) is 10.7 Å². The lowest BCUT2D eigenvalue weighted by Gasteiger charge is -2.09. The minimum atomic E-state index is -0.434. The van der Waals surface area contributed by atoms with Crippen LogP contribution >= 0.6 is 11.6 Å². The van der Waals surface area contributed by atoms with Crippen LogP contribution in [0.1, 0.15) is 5.56 Å². The number of benzene rings is 2. The summed E-state index contributed by atoms with van der Waals surface area (Å²) in [5, 5.41) is 14.4. The number of halogens is 1. The van der Waals surface area contributed by atoms with E-state index in [0.717, 1.165) is 11.3 Å². The highest BCUT2D eigenvalue weighted by Crippen LogP contribution is 2.31. The van der Waals surface area contributed by atoms with Gasteiger partial charge in [-0.25, -0.2) is 0 Å². The van der Waals surface area contributed by atoms with E-state index in [4.69, 9.17) is 11.6 Å². The normalized spacial score (nSPS) is 10.1. The zero-order chi connectivity index (χ0) is 13.1. The molecule has 4 nitrogen and oxygen atoms in total. The molecule has 0 saturated carbocycles. The molecule has 5 heteroatoms. The number of hydrogen-bond acceptors (Lipinski definition) is 3. The summed E-state index contributed by atoms with van der Waals surface area (Å²) in [5.41, 5.74) is 2.22. The van der Waals surface area contributed by atoms with Crippen molar-refractivity contribution < 1.29 is 4.92 Å². The van der Waals surface area contributed by atoms with Crippen LogP contribution in [-0.4, -0.2) is 4.92 Å². The van der Waals surface area contributed by atoms with Gasteiger partial charge in [0.05, 0.1) is 4.92 Å². The summed E-state index contributed by atoms with van der Waals surface area (Å²) in [6, 6.07) is 12.0. The van der Waals surface area contributed by atoms with Crippen LogP contribution in [0.25, 0.3) is 0 Å². The molecule has 92 valence electrons. The van der Waals surface area contributed by atoms with Gasteiger partial charge < -0.3 is 5.32 Å². The maximum Gasteiger partial charge on any atom is 0.292 e. The Morgan fingerprint density at radius 2 is 1.89 bits per heavy atom. The Labute approximate surface area is 109 Å². The van der Waals surface area contributed by atoms with Crippen LogP contribution in [0.2, 0.25) is 5.02 Å². The van der Waals surface area contributed by atoms with E-state index >= 15 is 0 Å². The van der Waals surface area contributed by atoms with Gasteiger partial charge in [0, 0.05) is 16.8 Å². The fraction of sp³-hybridized carbons (Fsp3) is 0.0769. The zero-order valence-electron chi connectivity index (χ0n) is 9.68. The average Bonchev–Trinajstić information content (AvgIpc) is 2.32. The summed E-state index contributed by atoms with van der Waals surface area (Å²) in [4.78, 5) is 10.5. The lowest BCUT2D eigenvalue weighted by Crippen LogP contribution is -1.98. The second-order valence-electron chi connectivity index (χ2n) is 3.86. The largest absolute Gasteiger partial charge is 0.350 e. The number of anilines is 2. The summed E-state index contributed by atoms with van der Waals surface area (Å²) in [6.45, 7) is 1.93. The van der Waals surface area contributed by atoms with Crippen molar-refractivity contribution in [2.45, 2.75) is 6.92 Å². The Bertz CT molecular complexity index is 599. The molecule has 0 aromatic heterocycles. The number of nitro groups is 1. The van der Waals surface area contributed by atoms with Gasteiger partial charge in [0.1, 0.15) is 5.69 Å². The van der Waals surface area contributed by atoms with Gasteiger partial charge in [-0.1, -0.05) is 29.8 Å². The van der Waals surface area contributed by atoms with E-state index in [9.17, 15) is 10.1 Å². The summed E-state index contributed by atoms with van der Waals surface area (Å²) in [6.07, 6.45) is 0. The van der Waals surface area contributed by atoms with Gasteiger partial charge in [0.15, 0.2) is 0 Å². The van der Waals surface area contributed by atoms with Gasteiger partial charge in [0.2, 0.25) is 0 Å². The molecule has 0 heterocycles. The average molecular weight is 263 g/mol. The summed E-state index contributed by atoms with van der Waals surface area (Å²) in [7, 11) is 0. The molecule has 2 rings (SSSR count). The van der Waals surface area contributed by atoms with Crippen LogP contribution in [0.15, 0.2) is 42.5 Å². The SMILES string of the molecule is Cc1ccccc1Nc1cc(Cl)ccc1[N+](=O)[O-]. The van der Waals surface area contributed by atoms with Gasteiger partial charge in [-0.2, -0.15) is 0 Å². The van der Waals surface area contributed by atoms with E-state index in [-0.39, 0.29) is 5.69 Å². The number of nitrogens with zero attached hydrogens (tertiary/aromatic N) is 1. The molecular formula is C13H11ClN2O2. The van der Waals surface area contributed by atoms with Crippen molar-refractivity contribution in [1.29, 1.82) is 0 Å². The van der Waals surface area contributed by atoms with E-state index in [1.807, 2.05) is 31.2 Å². The molecule has 1 N–H and O–H groups in total. The third kappa shape index (κ3) is 2.60. The molecule has 0 aliphatic heterocycles. The first-order valence-electron chi connectivity index (χ1n) is 5.34. The number of para-hydroxylation sites is 1. The molecule has 2 aromatic rings. The second-order valence-corrected chi connectivity index (χ2v) is 4.29. The van der Waals surface area contributed by atoms with Crippen molar-refractivity contribution in [3.05, 3.63) is 63.2 Å². The predicted molar refractivity (Wildman–Crippen MR) is 72.6 cm³/mol. The number of hydrogen-bond donors (Lipinski definition) is 1. The van der Waals surface area contributed by atoms with Crippen LogP contribution < -0.4 is 5.32 Å². The maximum atomic E-state index is 10.9. The van der Waals surface area contributed by atoms with Crippen molar-refractivity contribution >= 4 is 28.7 Å². The Balaban J connectivity index is 2.42. The number of nitrogens with one attached hydrogen (secondary N) is 1. The molecule has 0 radical (unpaired) electrons.